The lowest BCUT2D eigenvalue weighted by atomic mass is 10.0. The molecule has 0 bridgehead atoms. The molecule has 0 saturated heterocycles. The molecule has 90 heavy (non-hydrogen) atoms. The van der Waals surface area contributed by atoms with Gasteiger partial charge >= 0.3 is 32.1 Å². The maximum absolute atomic E-state index is 13.3. The van der Waals surface area contributed by atoms with E-state index in [-0.39, 0.29) is 64.0 Å². The Morgan fingerprint density at radius 1 is 0.222 bits per heavy atom. The number of esters is 4. The summed E-state index contributed by atoms with van der Waals surface area (Å²) in [5.74, 6) is -1.56. The SMILES string of the molecule is CCCCCCCCCCCCCCCCCC(=O)OC[C@H](CO[P+](=O)OC[C@@H](COC(=O)CCCCCCCCCCCCCCCCC)OC(=O)CCCCCCCCCCCCCCCCC)OC(=O)CCCCCCCCCCCCCCCCC. The Hall–Kier alpha value is -2.10. The summed E-state index contributed by atoms with van der Waals surface area (Å²) in [7, 11) is -2.77. The number of hydrogen-bond donors (Lipinski definition) is 0. The van der Waals surface area contributed by atoms with Crippen LogP contribution in [0.4, 0.5) is 0 Å². The first-order valence-electron chi connectivity index (χ1n) is 39.7. The summed E-state index contributed by atoms with van der Waals surface area (Å²) in [5.41, 5.74) is 0. The van der Waals surface area contributed by atoms with E-state index in [1.807, 2.05) is 0 Å². The fourth-order valence-electron chi connectivity index (χ4n) is 12.1. The largest absolute Gasteiger partial charge is 0.697 e. The number of rotatable bonds is 76. The van der Waals surface area contributed by atoms with Crippen LogP contribution in [-0.4, -0.2) is 62.5 Å². The maximum Gasteiger partial charge on any atom is 0.697 e. The molecule has 0 aromatic rings. The average molecular weight is 1300 g/mol. The fourth-order valence-corrected chi connectivity index (χ4v) is 12.8. The standard InChI is InChI=1S/C78H150O11P/c1-5-9-13-17-21-25-29-33-37-41-45-49-53-57-61-65-75(79)84-69-73(88-77(81)67-63-59-55-51-47-43-39-35-31-27-23-19-15-11-7-3)71-86-90(83)87-72-74(89-78(82)68-64-60-56-52-48-44-40-36-32-28-24-20-16-12-8-4)70-85-76(80)66-62-58-54-50-46-42-38-34-30-26-22-18-14-10-6-2/h73-74H,5-72H2,1-4H3/q+1/t73-,74-/m1/s1. The van der Waals surface area contributed by atoms with Crippen LogP contribution in [0.3, 0.4) is 0 Å². The number of hydrogen-bond acceptors (Lipinski definition) is 11. The summed E-state index contributed by atoms with van der Waals surface area (Å²) in [6, 6.07) is 0. The van der Waals surface area contributed by atoms with Crippen molar-refractivity contribution in [2.24, 2.45) is 0 Å². The number of unbranched alkanes of at least 4 members (excludes halogenated alkanes) is 56. The van der Waals surface area contributed by atoms with Gasteiger partial charge in [0.2, 0.25) is 0 Å². The molecule has 0 saturated carbocycles. The first-order valence-corrected chi connectivity index (χ1v) is 40.8. The first-order chi connectivity index (χ1) is 44.2. The molecule has 0 heterocycles. The van der Waals surface area contributed by atoms with Crippen molar-refractivity contribution >= 4 is 32.1 Å². The Bertz CT molecular complexity index is 1420. The Morgan fingerprint density at radius 2 is 0.378 bits per heavy atom. The average Bonchev–Trinajstić information content (AvgIpc) is 3.76. The normalized spacial score (nSPS) is 12.1. The van der Waals surface area contributed by atoms with Gasteiger partial charge in [-0.05, 0) is 25.7 Å². The summed E-state index contributed by atoms with van der Waals surface area (Å²) < 4.78 is 47.3. The summed E-state index contributed by atoms with van der Waals surface area (Å²) >= 11 is 0. The molecule has 0 aromatic heterocycles. The van der Waals surface area contributed by atoms with Gasteiger partial charge in [0.1, 0.15) is 26.4 Å². The molecule has 0 N–H and O–H groups in total. The number of carbonyl (C=O) groups excluding carboxylic acids is 4. The molecule has 0 aliphatic heterocycles. The molecule has 532 valence electrons. The minimum absolute atomic E-state index is 0.222. The highest BCUT2D eigenvalue weighted by Crippen LogP contribution is 2.26. The Kier molecular flexibility index (Phi) is 72.6. The summed E-state index contributed by atoms with van der Waals surface area (Å²) in [6.45, 7) is 7.99. The van der Waals surface area contributed by atoms with Gasteiger partial charge in [0.25, 0.3) is 0 Å². The van der Waals surface area contributed by atoms with E-state index >= 15 is 0 Å². The van der Waals surface area contributed by atoms with E-state index in [1.54, 1.807) is 0 Å². The molecule has 2 atom stereocenters. The zero-order valence-electron chi connectivity index (χ0n) is 60.2. The second-order valence-corrected chi connectivity index (χ2v) is 28.2. The highest BCUT2D eigenvalue weighted by Gasteiger charge is 2.30. The summed E-state index contributed by atoms with van der Waals surface area (Å²) in [5, 5.41) is 0. The van der Waals surface area contributed by atoms with Crippen LogP contribution in [0.5, 0.6) is 0 Å². The molecule has 0 amide bonds. The molecule has 0 aliphatic carbocycles. The lowest BCUT2D eigenvalue weighted by Crippen LogP contribution is -2.30. The van der Waals surface area contributed by atoms with Gasteiger partial charge in [-0.2, -0.15) is 0 Å². The van der Waals surface area contributed by atoms with Crippen molar-refractivity contribution < 1.29 is 51.7 Å². The van der Waals surface area contributed by atoms with Gasteiger partial charge in [0.05, 0.1) is 0 Å². The van der Waals surface area contributed by atoms with Crippen LogP contribution in [0.2, 0.25) is 0 Å². The van der Waals surface area contributed by atoms with Gasteiger partial charge in [-0.3, -0.25) is 19.2 Å². The van der Waals surface area contributed by atoms with E-state index in [9.17, 15) is 23.7 Å². The van der Waals surface area contributed by atoms with Crippen LogP contribution in [0.15, 0.2) is 0 Å². The Morgan fingerprint density at radius 3 is 0.556 bits per heavy atom. The molecular formula is C78H150O11P+. The Labute approximate surface area is 558 Å². The second-order valence-electron chi connectivity index (χ2n) is 27.2. The lowest BCUT2D eigenvalue weighted by molar-refractivity contribution is -0.161. The molecule has 12 heteroatoms. The number of ether oxygens (including phenoxy) is 4. The van der Waals surface area contributed by atoms with Crippen LogP contribution < -0.4 is 0 Å². The smallest absolute Gasteiger partial charge is 0.462 e. The van der Waals surface area contributed by atoms with Gasteiger partial charge in [0.15, 0.2) is 12.2 Å². The van der Waals surface area contributed by atoms with Crippen molar-refractivity contribution in [3.63, 3.8) is 0 Å². The molecule has 0 fully saturated rings. The van der Waals surface area contributed by atoms with Gasteiger partial charge < -0.3 is 18.9 Å². The van der Waals surface area contributed by atoms with Crippen molar-refractivity contribution in [2.75, 3.05) is 26.4 Å². The van der Waals surface area contributed by atoms with Crippen LogP contribution >= 0.6 is 8.25 Å². The molecule has 0 spiro atoms. The van der Waals surface area contributed by atoms with Gasteiger partial charge in [-0.15, -0.1) is 9.05 Å². The minimum Gasteiger partial charge on any atom is -0.462 e. The molecule has 11 nitrogen and oxygen atoms in total. The summed E-state index contributed by atoms with van der Waals surface area (Å²) in [6.07, 6.45) is 73.2. The van der Waals surface area contributed by atoms with Crippen molar-refractivity contribution in [3.05, 3.63) is 0 Å². The highest BCUT2D eigenvalue weighted by atomic mass is 31.1. The van der Waals surface area contributed by atoms with Crippen LogP contribution in [-0.2, 0) is 51.7 Å². The van der Waals surface area contributed by atoms with Crippen molar-refractivity contribution in [2.45, 2.75) is 451 Å². The molecule has 0 aliphatic rings. The third kappa shape index (κ3) is 70.2. The van der Waals surface area contributed by atoms with Crippen molar-refractivity contribution in [3.8, 4) is 0 Å². The third-order valence-electron chi connectivity index (χ3n) is 18.1. The molecule has 0 radical (unpaired) electrons. The maximum atomic E-state index is 13.3. The van der Waals surface area contributed by atoms with Crippen LogP contribution in [0.1, 0.15) is 439 Å². The zero-order chi connectivity index (χ0) is 65.4. The highest BCUT2D eigenvalue weighted by molar-refractivity contribution is 7.33. The van der Waals surface area contributed by atoms with Crippen LogP contribution in [0.25, 0.3) is 0 Å². The molecular weight excluding hydrogens is 1140 g/mol. The van der Waals surface area contributed by atoms with Gasteiger partial charge in [0, 0.05) is 30.2 Å². The van der Waals surface area contributed by atoms with E-state index < -0.39 is 32.4 Å². The van der Waals surface area contributed by atoms with E-state index in [0.717, 1.165) is 77.0 Å². The molecule has 0 unspecified atom stereocenters. The first kappa shape index (κ1) is 87.9. The predicted molar refractivity (Wildman–Crippen MR) is 379 cm³/mol. The van der Waals surface area contributed by atoms with Crippen molar-refractivity contribution in [1.82, 2.24) is 0 Å². The quantitative estimate of drug-likeness (QED) is 0.0249. The molecule has 0 rings (SSSR count). The predicted octanol–water partition coefficient (Wildman–Crippen LogP) is 25.6. The minimum atomic E-state index is -2.77. The third-order valence-corrected chi connectivity index (χ3v) is 18.8. The lowest BCUT2D eigenvalue weighted by Gasteiger charge is -2.17. The zero-order valence-corrected chi connectivity index (χ0v) is 61.1. The Balaban J connectivity index is 5.20. The second kappa shape index (κ2) is 74.3. The van der Waals surface area contributed by atoms with Gasteiger partial charge in [-0.25, -0.2) is 0 Å². The van der Waals surface area contributed by atoms with Gasteiger partial charge in [-0.1, -0.05) is 387 Å². The van der Waals surface area contributed by atoms with E-state index in [0.29, 0.717) is 12.8 Å². The van der Waals surface area contributed by atoms with E-state index in [4.69, 9.17) is 28.0 Å². The van der Waals surface area contributed by atoms with Crippen LogP contribution in [0, 0.1) is 0 Å². The number of carbonyl (C=O) groups is 4. The fraction of sp³-hybridized carbons (Fsp3) is 0.949. The monoisotopic (exact) mass is 1290 g/mol. The van der Waals surface area contributed by atoms with E-state index in [1.165, 1.54) is 295 Å². The topological polar surface area (TPSA) is 141 Å². The van der Waals surface area contributed by atoms with Crippen molar-refractivity contribution in [1.29, 1.82) is 0 Å². The summed E-state index contributed by atoms with van der Waals surface area (Å²) in [4.78, 5) is 52.2. The van der Waals surface area contributed by atoms with E-state index in [2.05, 4.69) is 27.7 Å². The molecule has 0 aromatic carbocycles.